The topological polar surface area (TPSA) is 70.7 Å². The van der Waals surface area contributed by atoms with Crippen LogP contribution in [0.15, 0.2) is 84.9 Å². The number of hydrogen-bond donors (Lipinski definition) is 2. The van der Waals surface area contributed by atoms with Crippen molar-refractivity contribution in [1.29, 1.82) is 0 Å². The van der Waals surface area contributed by atoms with Gasteiger partial charge >= 0.3 is 0 Å². The minimum Gasteiger partial charge on any atom is -0.483 e. The lowest BCUT2D eigenvalue weighted by atomic mass is 10.2. The molecule has 6 heteroatoms. The Morgan fingerprint density at radius 3 is 2.26 bits per heavy atom. The van der Waals surface area contributed by atoms with Gasteiger partial charge in [-0.3, -0.25) is 9.59 Å². The second-order valence-electron chi connectivity index (χ2n) is 7.07. The van der Waals surface area contributed by atoms with Gasteiger partial charge in [0.1, 0.15) is 5.75 Å². The van der Waals surface area contributed by atoms with E-state index in [0.29, 0.717) is 23.5 Å². The molecule has 0 aliphatic carbocycles. The number of nitrogens with zero attached hydrogens (tertiary/aromatic N) is 1. The van der Waals surface area contributed by atoms with Crippen LogP contribution in [-0.2, 0) is 4.79 Å². The molecule has 0 aliphatic heterocycles. The van der Waals surface area contributed by atoms with Crippen LogP contribution in [-0.4, -0.2) is 38.6 Å². The summed E-state index contributed by atoms with van der Waals surface area (Å²) in [6.07, 6.45) is 0.813. The van der Waals surface area contributed by atoms with Gasteiger partial charge < -0.3 is 20.3 Å². The third kappa shape index (κ3) is 6.89. The van der Waals surface area contributed by atoms with Crippen molar-refractivity contribution in [3.8, 4) is 5.75 Å². The summed E-state index contributed by atoms with van der Waals surface area (Å²) in [6.45, 7) is 1.23. The molecule has 0 radical (unpaired) electrons. The first-order valence-electron chi connectivity index (χ1n) is 10.2. The van der Waals surface area contributed by atoms with Crippen LogP contribution in [0.4, 0.5) is 11.4 Å². The van der Waals surface area contributed by atoms with Crippen molar-refractivity contribution < 1.29 is 14.3 Å². The Bertz CT molecular complexity index is 978. The molecule has 0 heterocycles. The maximum atomic E-state index is 12.6. The smallest absolute Gasteiger partial charge is 0.259 e. The predicted molar refractivity (Wildman–Crippen MR) is 124 cm³/mol. The van der Waals surface area contributed by atoms with E-state index in [0.717, 1.165) is 18.7 Å². The van der Waals surface area contributed by atoms with Gasteiger partial charge in [-0.05, 0) is 42.8 Å². The summed E-state index contributed by atoms with van der Waals surface area (Å²) < 4.78 is 5.62. The highest BCUT2D eigenvalue weighted by Gasteiger charge is 2.13. The standard InChI is InChI=1S/C25H27N3O3/c1-28(21-13-6-3-7-14-21)18-10-17-26-24(29)19-31-23-16-9-8-15-22(23)25(30)27-20-11-4-2-5-12-20/h2-9,11-16H,10,17-19H2,1H3,(H,26,29)(H,27,30). The van der Waals surface area contributed by atoms with Gasteiger partial charge in [0.25, 0.3) is 11.8 Å². The molecule has 6 nitrogen and oxygen atoms in total. The maximum Gasteiger partial charge on any atom is 0.259 e. The van der Waals surface area contributed by atoms with E-state index in [-0.39, 0.29) is 18.4 Å². The Balaban J connectivity index is 1.43. The first-order chi connectivity index (χ1) is 15.1. The largest absolute Gasteiger partial charge is 0.483 e. The van der Waals surface area contributed by atoms with E-state index < -0.39 is 0 Å². The van der Waals surface area contributed by atoms with Crippen molar-refractivity contribution in [3.63, 3.8) is 0 Å². The molecular formula is C25H27N3O3. The zero-order valence-electron chi connectivity index (χ0n) is 17.6. The van der Waals surface area contributed by atoms with Gasteiger partial charge in [-0.1, -0.05) is 48.5 Å². The summed E-state index contributed by atoms with van der Waals surface area (Å²) >= 11 is 0. The highest BCUT2D eigenvalue weighted by molar-refractivity contribution is 6.06. The highest BCUT2D eigenvalue weighted by atomic mass is 16.5. The van der Waals surface area contributed by atoms with Crippen molar-refractivity contribution in [2.45, 2.75) is 6.42 Å². The Morgan fingerprint density at radius 2 is 1.52 bits per heavy atom. The molecule has 160 valence electrons. The lowest BCUT2D eigenvalue weighted by Gasteiger charge is -2.19. The molecule has 3 aromatic carbocycles. The minimum absolute atomic E-state index is 0.149. The summed E-state index contributed by atoms with van der Waals surface area (Å²) in [5.74, 6) is -0.137. The van der Waals surface area contributed by atoms with Crippen molar-refractivity contribution >= 4 is 23.2 Å². The van der Waals surface area contributed by atoms with Crippen molar-refractivity contribution in [3.05, 3.63) is 90.5 Å². The predicted octanol–water partition coefficient (Wildman–Crippen LogP) is 3.96. The number of carbonyl (C=O) groups excluding carboxylic acids is 2. The average molecular weight is 418 g/mol. The zero-order chi connectivity index (χ0) is 21.9. The molecular weight excluding hydrogens is 390 g/mol. The van der Waals surface area contributed by atoms with Crippen LogP contribution in [0.1, 0.15) is 16.8 Å². The number of anilines is 2. The van der Waals surface area contributed by atoms with Gasteiger partial charge in [0.2, 0.25) is 0 Å². The van der Waals surface area contributed by atoms with Gasteiger partial charge in [0, 0.05) is 31.5 Å². The number of carbonyl (C=O) groups is 2. The van der Waals surface area contributed by atoms with Gasteiger partial charge in [-0.25, -0.2) is 0 Å². The number of nitrogens with one attached hydrogen (secondary N) is 2. The molecule has 0 bridgehead atoms. The van der Waals surface area contributed by atoms with Gasteiger partial charge in [0.05, 0.1) is 5.56 Å². The number of rotatable bonds is 10. The Morgan fingerprint density at radius 1 is 0.871 bits per heavy atom. The third-order valence-electron chi connectivity index (χ3n) is 4.71. The zero-order valence-corrected chi connectivity index (χ0v) is 17.6. The second kappa shape index (κ2) is 11.4. The van der Waals surface area contributed by atoms with Crippen LogP contribution in [0.2, 0.25) is 0 Å². The summed E-state index contributed by atoms with van der Waals surface area (Å²) in [5.41, 5.74) is 2.21. The van der Waals surface area contributed by atoms with E-state index in [4.69, 9.17) is 4.74 Å². The lowest BCUT2D eigenvalue weighted by molar-refractivity contribution is -0.123. The van der Waals surface area contributed by atoms with E-state index in [1.165, 1.54) is 0 Å². The minimum atomic E-state index is -0.286. The van der Waals surface area contributed by atoms with Gasteiger partial charge in [-0.2, -0.15) is 0 Å². The molecule has 0 saturated heterocycles. The molecule has 31 heavy (non-hydrogen) atoms. The van der Waals surface area contributed by atoms with Gasteiger partial charge in [-0.15, -0.1) is 0 Å². The van der Waals surface area contributed by atoms with E-state index in [2.05, 4.69) is 27.7 Å². The molecule has 0 saturated carbocycles. The quantitative estimate of drug-likeness (QED) is 0.490. The second-order valence-corrected chi connectivity index (χ2v) is 7.07. The van der Waals surface area contributed by atoms with Gasteiger partial charge in [0.15, 0.2) is 6.61 Å². The summed E-state index contributed by atoms with van der Waals surface area (Å²) in [5, 5.41) is 5.69. The summed E-state index contributed by atoms with van der Waals surface area (Å²) in [4.78, 5) is 26.9. The Labute approximate surface area is 182 Å². The number of benzene rings is 3. The summed E-state index contributed by atoms with van der Waals surface area (Å²) in [7, 11) is 2.03. The van der Waals surface area contributed by atoms with Crippen molar-refractivity contribution in [1.82, 2.24) is 5.32 Å². The molecule has 0 spiro atoms. The highest BCUT2D eigenvalue weighted by Crippen LogP contribution is 2.19. The van der Waals surface area contributed by atoms with Crippen LogP contribution in [0.5, 0.6) is 5.75 Å². The average Bonchev–Trinajstić information content (AvgIpc) is 2.81. The van der Waals surface area contributed by atoms with Crippen LogP contribution in [0, 0.1) is 0 Å². The normalized spacial score (nSPS) is 10.2. The molecule has 0 unspecified atom stereocenters. The van der Waals surface area contributed by atoms with E-state index >= 15 is 0 Å². The first kappa shape index (κ1) is 21.9. The maximum absolute atomic E-state index is 12.6. The first-order valence-corrected chi connectivity index (χ1v) is 10.2. The van der Waals surface area contributed by atoms with Crippen LogP contribution >= 0.6 is 0 Å². The van der Waals surface area contributed by atoms with Crippen LogP contribution < -0.4 is 20.3 Å². The fourth-order valence-corrected chi connectivity index (χ4v) is 3.05. The number of amides is 2. The fourth-order valence-electron chi connectivity index (χ4n) is 3.05. The molecule has 0 aromatic heterocycles. The van der Waals surface area contributed by atoms with Crippen LogP contribution in [0.25, 0.3) is 0 Å². The van der Waals surface area contributed by atoms with Crippen molar-refractivity contribution in [2.75, 3.05) is 37.0 Å². The lowest BCUT2D eigenvalue weighted by Crippen LogP contribution is -2.32. The van der Waals surface area contributed by atoms with E-state index in [9.17, 15) is 9.59 Å². The molecule has 3 aromatic rings. The third-order valence-corrected chi connectivity index (χ3v) is 4.71. The van der Waals surface area contributed by atoms with Crippen LogP contribution in [0.3, 0.4) is 0 Å². The fraction of sp³-hybridized carbons (Fsp3) is 0.200. The monoisotopic (exact) mass is 417 g/mol. The molecule has 2 N–H and O–H groups in total. The van der Waals surface area contributed by atoms with E-state index in [1.54, 1.807) is 24.3 Å². The molecule has 0 aliphatic rings. The number of hydrogen-bond acceptors (Lipinski definition) is 4. The van der Waals surface area contributed by atoms with E-state index in [1.807, 2.05) is 55.6 Å². The SMILES string of the molecule is CN(CCCNC(=O)COc1ccccc1C(=O)Nc1ccccc1)c1ccccc1. The molecule has 0 atom stereocenters. The molecule has 2 amide bonds. The Hall–Kier alpha value is -3.80. The summed E-state index contributed by atoms with van der Waals surface area (Å²) in [6, 6.07) is 26.2. The molecule has 3 rings (SSSR count). The number of para-hydroxylation sites is 3. The Kier molecular flexibility index (Phi) is 8.05. The number of ether oxygens (including phenoxy) is 1. The molecule has 0 fully saturated rings. The van der Waals surface area contributed by atoms with Crippen molar-refractivity contribution in [2.24, 2.45) is 0 Å².